The Labute approximate surface area is 181 Å². The van der Waals surface area contributed by atoms with Gasteiger partial charge in [-0.05, 0) is 104 Å². The van der Waals surface area contributed by atoms with Crippen molar-refractivity contribution in [1.82, 2.24) is 0 Å². The third-order valence-corrected chi connectivity index (χ3v) is 11.1. The maximum atomic E-state index is 10.2. The van der Waals surface area contributed by atoms with Gasteiger partial charge in [-0.1, -0.05) is 66.0 Å². The Hall–Kier alpha value is -0.300. The van der Waals surface area contributed by atoms with Crippen LogP contribution in [0.25, 0.3) is 0 Å². The van der Waals surface area contributed by atoms with E-state index in [4.69, 9.17) is 0 Å². The molecule has 4 aliphatic carbocycles. The Morgan fingerprint density at radius 3 is 2.45 bits per heavy atom. The fourth-order valence-electron chi connectivity index (χ4n) is 8.68. The van der Waals surface area contributed by atoms with Crippen LogP contribution in [0.3, 0.4) is 0 Å². The van der Waals surface area contributed by atoms with Crippen molar-refractivity contribution in [2.45, 2.75) is 112 Å². The molecule has 9 atom stereocenters. The summed E-state index contributed by atoms with van der Waals surface area (Å²) >= 11 is 0. The molecular weight excluding hydrogens is 352 g/mol. The van der Waals surface area contributed by atoms with Crippen LogP contribution in [0, 0.1) is 52.3 Å². The van der Waals surface area contributed by atoms with Crippen LogP contribution in [0.4, 0.5) is 0 Å². The van der Waals surface area contributed by atoms with E-state index in [1.54, 1.807) is 5.57 Å². The summed E-state index contributed by atoms with van der Waals surface area (Å²) in [5.74, 6) is 6.24. The Bertz CT molecular complexity index is 620. The topological polar surface area (TPSA) is 20.2 Å². The van der Waals surface area contributed by atoms with Crippen LogP contribution in [0.5, 0.6) is 0 Å². The van der Waals surface area contributed by atoms with Crippen molar-refractivity contribution in [1.29, 1.82) is 0 Å². The molecule has 4 aliphatic rings. The second kappa shape index (κ2) is 7.99. The molecule has 4 rings (SSSR count). The monoisotopic (exact) mass is 400 g/mol. The van der Waals surface area contributed by atoms with Gasteiger partial charge in [-0.15, -0.1) is 0 Å². The quantitative estimate of drug-likeness (QED) is 0.470. The van der Waals surface area contributed by atoms with Crippen molar-refractivity contribution in [3.63, 3.8) is 0 Å². The molecule has 0 aromatic carbocycles. The third kappa shape index (κ3) is 3.66. The predicted octanol–water partition coefficient (Wildman–Crippen LogP) is 7.63. The summed E-state index contributed by atoms with van der Waals surface area (Å²) in [5, 5.41) is 10.2. The number of aliphatic hydroxyl groups excluding tert-OH is 1. The van der Waals surface area contributed by atoms with Crippen molar-refractivity contribution in [3.05, 3.63) is 11.6 Å². The molecule has 3 saturated carbocycles. The maximum absolute atomic E-state index is 10.2. The lowest BCUT2D eigenvalue weighted by molar-refractivity contribution is -0.0574. The van der Waals surface area contributed by atoms with Crippen LogP contribution in [0.2, 0.25) is 0 Å². The molecule has 0 amide bonds. The van der Waals surface area contributed by atoms with Gasteiger partial charge in [-0.3, -0.25) is 0 Å². The zero-order valence-corrected chi connectivity index (χ0v) is 20.2. The van der Waals surface area contributed by atoms with Gasteiger partial charge in [0.25, 0.3) is 0 Å². The summed E-state index contributed by atoms with van der Waals surface area (Å²) in [4.78, 5) is 0. The normalized spacial score (nSPS) is 46.5. The average molecular weight is 401 g/mol. The molecule has 3 fully saturated rings. The highest BCUT2D eigenvalue weighted by Crippen LogP contribution is 2.67. The van der Waals surface area contributed by atoms with E-state index in [2.05, 4.69) is 47.6 Å². The molecule has 0 aromatic heterocycles. The van der Waals surface area contributed by atoms with Gasteiger partial charge < -0.3 is 5.11 Å². The summed E-state index contributed by atoms with van der Waals surface area (Å²) < 4.78 is 0. The third-order valence-electron chi connectivity index (χ3n) is 11.1. The maximum Gasteiger partial charge on any atom is 0.0577 e. The molecule has 0 heterocycles. The lowest BCUT2D eigenvalue weighted by Gasteiger charge is -2.58. The fraction of sp³-hybridized carbons (Fsp3) is 0.929. The molecule has 0 unspecified atom stereocenters. The minimum atomic E-state index is -0.0790. The van der Waals surface area contributed by atoms with E-state index in [0.717, 1.165) is 54.3 Å². The summed E-state index contributed by atoms with van der Waals surface area (Å²) in [7, 11) is 0. The molecule has 29 heavy (non-hydrogen) atoms. The van der Waals surface area contributed by atoms with Crippen LogP contribution in [-0.4, -0.2) is 11.2 Å². The van der Waals surface area contributed by atoms with Gasteiger partial charge in [-0.2, -0.15) is 0 Å². The standard InChI is InChI=1S/C28H48O/c1-18(2)19(3)7-8-20(4)24-11-12-25-23-10-9-21-17-22(29)13-15-27(21,5)26(23)14-16-28(24,25)6/h9,18-20,22-26,29H,7-8,10-17H2,1-6H3/t19-,20-,22-,23-,24+,25-,26-,27-,28+/m0/s1. The zero-order valence-electron chi connectivity index (χ0n) is 20.2. The van der Waals surface area contributed by atoms with E-state index in [1.807, 2.05) is 0 Å². The van der Waals surface area contributed by atoms with Gasteiger partial charge >= 0.3 is 0 Å². The van der Waals surface area contributed by atoms with Gasteiger partial charge in [0, 0.05) is 0 Å². The lowest BCUT2D eigenvalue weighted by Crippen LogP contribution is -2.50. The first-order chi connectivity index (χ1) is 13.7. The highest BCUT2D eigenvalue weighted by atomic mass is 16.3. The Kier molecular flexibility index (Phi) is 6.04. The average Bonchev–Trinajstić information content (AvgIpc) is 3.03. The molecule has 0 bridgehead atoms. The van der Waals surface area contributed by atoms with Gasteiger partial charge in [0.15, 0.2) is 0 Å². The van der Waals surface area contributed by atoms with Gasteiger partial charge in [0.05, 0.1) is 6.10 Å². The summed E-state index contributed by atoms with van der Waals surface area (Å²) in [6, 6.07) is 0. The van der Waals surface area contributed by atoms with E-state index < -0.39 is 0 Å². The predicted molar refractivity (Wildman–Crippen MR) is 124 cm³/mol. The molecule has 0 aliphatic heterocycles. The highest BCUT2D eigenvalue weighted by Gasteiger charge is 2.59. The number of aliphatic hydroxyl groups is 1. The van der Waals surface area contributed by atoms with E-state index >= 15 is 0 Å². The van der Waals surface area contributed by atoms with E-state index in [1.165, 1.54) is 51.4 Å². The first kappa shape index (κ1) is 21.9. The lowest BCUT2D eigenvalue weighted by atomic mass is 9.47. The molecule has 0 radical (unpaired) electrons. The second-order valence-corrected chi connectivity index (χ2v) is 12.7. The number of allylic oxidation sites excluding steroid dienone is 1. The summed E-state index contributed by atoms with van der Waals surface area (Å²) in [5.41, 5.74) is 2.59. The molecule has 0 aromatic rings. The van der Waals surface area contributed by atoms with Crippen LogP contribution < -0.4 is 0 Å². The first-order valence-corrected chi connectivity index (χ1v) is 13.0. The van der Waals surface area contributed by atoms with E-state index in [9.17, 15) is 5.11 Å². The van der Waals surface area contributed by atoms with Gasteiger partial charge in [-0.25, -0.2) is 0 Å². The largest absolute Gasteiger partial charge is 0.393 e. The Morgan fingerprint density at radius 2 is 1.72 bits per heavy atom. The number of fused-ring (bicyclic) bond motifs is 5. The second-order valence-electron chi connectivity index (χ2n) is 12.7. The highest BCUT2D eigenvalue weighted by molar-refractivity contribution is 5.25. The molecular formula is C28H48O. The number of rotatable bonds is 5. The van der Waals surface area contributed by atoms with Gasteiger partial charge in [0.1, 0.15) is 0 Å². The molecule has 1 nitrogen and oxygen atoms in total. The first-order valence-electron chi connectivity index (χ1n) is 13.0. The summed E-state index contributed by atoms with van der Waals surface area (Å²) in [6.45, 7) is 15.1. The van der Waals surface area contributed by atoms with Crippen LogP contribution >= 0.6 is 0 Å². The minimum Gasteiger partial charge on any atom is -0.393 e. The van der Waals surface area contributed by atoms with Crippen molar-refractivity contribution in [3.8, 4) is 0 Å². The van der Waals surface area contributed by atoms with Crippen molar-refractivity contribution < 1.29 is 5.11 Å². The fourth-order valence-corrected chi connectivity index (χ4v) is 8.68. The van der Waals surface area contributed by atoms with Crippen LogP contribution in [0.15, 0.2) is 11.6 Å². The molecule has 0 saturated heterocycles. The van der Waals surface area contributed by atoms with E-state index in [-0.39, 0.29) is 6.10 Å². The molecule has 1 N–H and O–H groups in total. The molecule has 0 spiro atoms. The van der Waals surface area contributed by atoms with E-state index in [0.29, 0.717) is 10.8 Å². The van der Waals surface area contributed by atoms with Crippen LogP contribution in [-0.2, 0) is 0 Å². The van der Waals surface area contributed by atoms with Gasteiger partial charge in [0.2, 0.25) is 0 Å². The van der Waals surface area contributed by atoms with Crippen LogP contribution in [0.1, 0.15) is 106 Å². The van der Waals surface area contributed by atoms with Crippen molar-refractivity contribution >= 4 is 0 Å². The zero-order chi connectivity index (χ0) is 21.0. The SMILES string of the molecule is CC(C)[C@@H](C)CC[C@H](C)[C@H]1CC[C@H]2[C@@H]3CC=C4C[C@@H](O)CC[C@]4(C)[C@H]3CC[C@]12C. The number of hydrogen-bond donors (Lipinski definition) is 1. The summed E-state index contributed by atoms with van der Waals surface area (Å²) in [6.07, 6.45) is 15.7. The smallest absolute Gasteiger partial charge is 0.0577 e. The Morgan fingerprint density at radius 1 is 0.966 bits per heavy atom. The minimum absolute atomic E-state index is 0.0790. The number of hydrogen-bond acceptors (Lipinski definition) is 1. The van der Waals surface area contributed by atoms with Crippen molar-refractivity contribution in [2.24, 2.45) is 52.3 Å². The Balaban J connectivity index is 1.49. The molecule has 1 heteroatoms. The van der Waals surface area contributed by atoms with Crippen molar-refractivity contribution in [2.75, 3.05) is 0 Å². The molecule has 166 valence electrons.